The first kappa shape index (κ1) is 13.7. The lowest BCUT2D eigenvalue weighted by atomic mass is 9.85. The number of alkyl halides is 2. The van der Waals surface area contributed by atoms with Gasteiger partial charge in [0.2, 0.25) is 0 Å². The highest BCUT2D eigenvalue weighted by Crippen LogP contribution is 2.36. The number of benzene rings is 3. The number of hydrogen-bond donors (Lipinski definition) is 1. The topological polar surface area (TPSA) is 20.2 Å². The summed E-state index contributed by atoms with van der Waals surface area (Å²) >= 11 is 0. The molecule has 0 bridgehead atoms. The van der Waals surface area contributed by atoms with Crippen molar-refractivity contribution in [3.8, 4) is 0 Å². The van der Waals surface area contributed by atoms with E-state index in [2.05, 4.69) is 0 Å². The average Bonchev–Trinajstić information content (AvgIpc) is 2.54. The molecule has 3 rings (SSSR count). The van der Waals surface area contributed by atoms with Crippen molar-refractivity contribution in [3.05, 3.63) is 83.9 Å². The van der Waals surface area contributed by atoms with E-state index in [1.54, 1.807) is 36.4 Å². The monoisotopic (exact) mass is 284 g/mol. The summed E-state index contributed by atoms with van der Waals surface area (Å²) in [6.45, 7) is 0. The third-order valence-corrected chi connectivity index (χ3v) is 3.72. The van der Waals surface area contributed by atoms with Gasteiger partial charge in [0, 0.05) is 0 Å². The smallest absolute Gasteiger partial charge is 0.275 e. The maximum Gasteiger partial charge on any atom is 0.275 e. The molecule has 0 aliphatic carbocycles. The van der Waals surface area contributed by atoms with Crippen LogP contribution in [0, 0.1) is 0 Å². The van der Waals surface area contributed by atoms with E-state index in [-0.39, 0.29) is 11.1 Å². The van der Waals surface area contributed by atoms with Crippen LogP contribution in [0.3, 0.4) is 0 Å². The van der Waals surface area contributed by atoms with Gasteiger partial charge in [-0.2, -0.15) is 0 Å². The van der Waals surface area contributed by atoms with Gasteiger partial charge >= 0.3 is 0 Å². The molecular formula is C18H14F2O. The zero-order valence-corrected chi connectivity index (χ0v) is 11.2. The summed E-state index contributed by atoms with van der Waals surface area (Å²) in [5.41, 5.74) is -1.91. The fraction of sp³-hybridized carbons (Fsp3) is 0.111. The second kappa shape index (κ2) is 5.26. The zero-order valence-electron chi connectivity index (χ0n) is 11.2. The second-order valence-corrected chi connectivity index (χ2v) is 5.00. The number of hydrogen-bond acceptors (Lipinski definition) is 1. The Morgan fingerprint density at radius 3 is 2.00 bits per heavy atom. The van der Waals surface area contributed by atoms with Crippen LogP contribution in [0.2, 0.25) is 0 Å². The molecule has 0 fully saturated rings. The van der Waals surface area contributed by atoms with Crippen LogP contribution < -0.4 is 0 Å². The molecule has 3 aromatic carbocycles. The number of rotatable bonds is 3. The molecule has 1 atom stereocenters. The third-order valence-electron chi connectivity index (χ3n) is 3.72. The largest absolute Gasteiger partial charge is 0.375 e. The number of fused-ring (bicyclic) bond motifs is 1. The SMILES string of the molecule is OC(c1ccccc1)(c1ccc2ccccc2c1)C(F)F. The van der Waals surface area contributed by atoms with E-state index in [1.807, 2.05) is 24.3 Å². The van der Waals surface area contributed by atoms with Crippen LogP contribution >= 0.6 is 0 Å². The summed E-state index contributed by atoms with van der Waals surface area (Å²) in [5, 5.41) is 12.4. The van der Waals surface area contributed by atoms with E-state index in [1.165, 1.54) is 12.1 Å². The predicted octanol–water partition coefficient (Wildman–Crippen LogP) is 4.34. The Morgan fingerprint density at radius 2 is 1.33 bits per heavy atom. The van der Waals surface area contributed by atoms with E-state index in [0.29, 0.717) is 0 Å². The predicted molar refractivity (Wildman–Crippen MR) is 79.4 cm³/mol. The first-order valence-electron chi connectivity index (χ1n) is 6.67. The summed E-state index contributed by atoms with van der Waals surface area (Å²) in [6, 6.07) is 20.5. The zero-order chi connectivity index (χ0) is 14.9. The molecule has 3 aromatic rings. The minimum Gasteiger partial charge on any atom is -0.375 e. The summed E-state index contributed by atoms with van der Waals surface area (Å²) < 4.78 is 27.2. The highest BCUT2D eigenvalue weighted by atomic mass is 19.3. The van der Waals surface area contributed by atoms with Crippen molar-refractivity contribution in [2.24, 2.45) is 0 Å². The lowest BCUT2D eigenvalue weighted by Crippen LogP contribution is -2.35. The second-order valence-electron chi connectivity index (χ2n) is 5.00. The van der Waals surface area contributed by atoms with Crippen molar-refractivity contribution in [2.45, 2.75) is 12.0 Å². The van der Waals surface area contributed by atoms with E-state index < -0.39 is 12.0 Å². The quantitative estimate of drug-likeness (QED) is 0.758. The standard InChI is InChI=1S/C18H14F2O/c19-17(20)18(21,15-8-2-1-3-9-15)16-11-10-13-6-4-5-7-14(13)12-16/h1-12,17,21H. The molecular weight excluding hydrogens is 270 g/mol. The Morgan fingerprint density at radius 1 is 0.714 bits per heavy atom. The van der Waals surface area contributed by atoms with Crippen molar-refractivity contribution in [1.29, 1.82) is 0 Å². The molecule has 1 nitrogen and oxygen atoms in total. The highest BCUT2D eigenvalue weighted by Gasteiger charge is 2.41. The van der Waals surface area contributed by atoms with Gasteiger partial charge in [-0.15, -0.1) is 0 Å². The molecule has 0 radical (unpaired) electrons. The van der Waals surface area contributed by atoms with Gasteiger partial charge < -0.3 is 5.11 Å². The van der Waals surface area contributed by atoms with E-state index in [9.17, 15) is 13.9 Å². The Hall–Kier alpha value is -2.26. The Bertz CT molecular complexity index is 755. The van der Waals surface area contributed by atoms with Crippen molar-refractivity contribution in [2.75, 3.05) is 0 Å². The number of halogens is 2. The van der Waals surface area contributed by atoms with Crippen molar-refractivity contribution in [1.82, 2.24) is 0 Å². The van der Waals surface area contributed by atoms with Crippen LogP contribution in [0.15, 0.2) is 72.8 Å². The minimum absolute atomic E-state index is 0.190. The van der Waals surface area contributed by atoms with E-state index in [0.717, 1.165) is 10.8 Å². The van der Waals surface area contributed by atoms with Gasteiger partial charge in [0.15, 0.2) is 5.60 Å². The van der Waals surface area contributed by atoms with Gasteiger partial charge in [-0.1, -0.05) is 66.7 Å². The molecule has 0 aliphatic heterocycles. The maximum atomic E-state index is 13.6. The highest BCUT2D eigenvalue weighted by molar-refractivity contribution is 5.83. The Kier molecular flexibility index (Phi) is 3.43. The van der Waals surface area contributed by atoms with E-state index >= 15 is 0 Å². The fourth-order valence-electron chi connectivity index (χ4n) is 2.54. The van der Waals surface area contributed by atoms with Crippen LogP contribution in [-0.4, -0.2) is 11.5 Å². The fourth-order valence-corrected chi connectivity index (χ4v) is 2.54. The summed E-state index contributed by atoms with van der Waals surface area (Å²) in [6.07, 6.45) is -2.92. The molecule has 0 aromatic heterocycles. The van der Waals surface area contributed by atoms with Crippen molar-refractivity contribution >= 4 is 10.8 Å². The summed E-state index contributed by atoms with van der Waals surface area (Å²) in [4.78, 5) is 0. The molecule has 0 amide bonds. The van der Waals surface area contributed by atoms with E-state index in [4.69, 9.17) is 0 Å². The van der Waals surface area contributed by atoms with Gasteiger partial charge in [0.25, 0.3) is 6.43 Å². The molecule has 0 saturated heterocycles. The van der Waals surface area contributed by atoms with Crippen LogP contribution in [0.1, 0.15) is 11.1 Å². The summed E-state index contributed by atoms with van der Waals surface area (Å²) in [5.74, 6) is 0. The molecule has 0 aliphatic rings. The van der Waals surface area contributed by atoms with Gasteiger partial charge in [0.1, 0.15) is 0 Å². The molecule has 3 heteroatoms. The van der Waals surface area contributed by atoms with Gasteiger partial charge in [-0.25, -0.2) is 8.78 Å². The van der Waals surface area contributed by atoms with Crippen LogP contribution in [-0.2, 0) is 5.60 Å². The molecule has 1 unspecified atom stereocenters. The molecule has 0 heterocycles. The van der Waals surface area contributed by atoms with Crippen molar-refractivity contribution in [3.63, 3.8) is 0 Å². The van der Waals surface area contributed by atoms with Crippen LogP contribution in [0.25, 0.3) is 10.8 Å². The molecule has 0 spiro atoms. The Balaban J connectivity index is 2.20. The van der Waals surface area contributed by atoms with Crippen molar-refractivity contribution < 1.29 is 13.9 Å². The first-order chi connectivity index (χ1) is 10.1. The average molecular weight is 284 g/mol. The number of aliphatic hydroxyl groups is 1. The summed E-state index contributed by atoms with van der Waals surface area (Å²) in [7, 11) is 0. The lowest BCUT2D eigenvalue weighted by Gasteiger charge is -2.28. The molecule has 21 heavy (non-hydrogen) atoms. The lowest BCUT2D eigenvalue weighted by molar-refractivity contribution is -0.0717. The van der Waals surface area contributed by atoms with Gasteiger partial charge in [-0.05, 0) is 28.0 Å². The normalized spacial score (nSPS) is 14.3. The van der Waals surface area contributed by atoms with Gasteiger partial charge in [-0.3, -0.25) is 0 Å². The Labute approximate surface area is 121 Å². The molecule has 0 saturated carbocycles. The molecule has 1 N–H and O–H groups in total. The minimum atomic E-state index is -2.92. The maximum absolute atomic E-state index is 13.6. The molecule has 106 valence electrons. The van der Waals surface area contributed by atoms with Crippen LogP contribution in [0.5, 0.6) is 0 Å². The third kappa shape index (κ3) is 2.30. The van der Waals surface area contributed by atoms with Crippen LogP contribution in [0.4, 0.5) is 8.78 Å². The first-order valence-corrected chi connectivity index (χ1v) is 6.67. The van der Waals surface area contributed by atoms with Gasteiger partial charge in [0.05, 0.1) is 0 Å².